The van der Waals surface area contributed by atoms with Crippen molar-refractivity contribution >= 4 is 33.5 Å². The summed E-state index contributed by atoms with van der Waals surface area (Å²) in [6.07, 6.45) is 3.23. The molecule has 0 spiro atoms. The number of carbonyl (C=O) groups excluding carboxylic acids is 1. The molecular weight excluding hydrogens is 308 g/mol. The highest BCUT2D eigenvalue weighted by Gasteiger charge is 2.09. The number of nitrogens with one attached hydrogen (secondary N) is 2. The van der Waals surface area contributed by atoms with E-state index in [1.54, 1.807) is 31.6 Å². The minimum atomic E-state index is -0.211. The van der Waals surface area contributed by atoms with Crippen molar-refractivity contribution in [2.75, 3.05) is 17.7 Å². The fraction of sp³-hybridized carbons (Fsp3) is 0.154. The van der Waals surface area contributed by atoms with Crippen molar-refractivity contribution in [3.8, 4) is 0 Å². The highest BCUT2D eigenvalue weighted by atomic mass is 79.9. The molecule has 19 heavy (non-hydrogen) atoms. The molecule has 0 unspecified atom stereocenters. The maximum Gasteiger partial charge on any atom is 0.257 e. The van der Waals surface area contributed by atoms with E-state index in [4.69, 9.17) is 0 Å². The van der Waals surface area contributed by atoms with Crippen LogP contribution in [-0.2, 0) is 0 Å². The molecule has 0 aromatic carbocycles. The molecule has 0 saturated heterocycles. The maximum atomic E-state index is 12.1. The lowest BCUT2D eigenvalue weighted by atomic mass is 10.2. The molecule has 0 atom stereocenters. The van der Waals surface area contributed by atoms with Crippen LogP contribution in [0.25, 0.3) is 0 Å². The molecule has 0 aliphatic heterocycles. The van der Waals surface area contributed by atoms with E-state index in [1.807, 2.05) is 13.0 Å². The zero-order valence-electron chi connectivity index (χ0n) is 10.6. The molecule has 0 aliphatic rings. The van der Waals surface area contributed by atoms with Crippen molar-refractivity contribution < 1.29 is 4.79 Å². The van der Waals surface area contributed by atoms with E-state index in [2.05, 4.69) is 36.5 Å². The monoisotopic (exact) mass is 320 g/mol. The van der Waals surface area contributed by atoms with Crippen LogP contribution in [0.15, 0.2) is 35.1 Å². The first-order chi connectivity index (χ1) is 9.10. The van der Waals surface area contributed by atoms with E-state index < -0.39 is 0 Å². The normalized spacial score (nSPS) is 10.1. The predicted octanol–water partition coefficient (Wildman–Crippen LogP) is 2.84. The van der Waals surface area contributed by atoms with Crippen LogP contribution in [0.3, 0.4) is 0 Å². The molecule has 2 aromatic rings. The molecule has 98 valence electrons. The van der Waals surface area contributed by atoms with Crippen LogP contribution in [0.2, 0.25) is 0 Å². The summed E-state index contributed by atoms with van der Waals surface area (Å²) in [7, 11) is 1.75. The van der Waals surface area contributed by atoms with Gasteiger partial charge < -0.3 is 10.6 Å². The summed E-state index contributed by atoms with van der Waals surface area (Å²) < 4.78 is 0.879. The highest BCUT2D eigenvalue weighted by molar-refractivity contribution is 9.10. The van der Waals surface area contributed by atoms with Crippen molar-refractivity contribution in [2.45, 2.75) is 6.92 Å². The second-order valence-corrected chi connectivity index (χ2v) is 4.87. The number of carbonyl (C=O) groups is 1. The Kier molecular flexibility index (Phi) is 4.11. The van der Waals surface area contributed by atoms with Gasteiger partial charge >= 0.3 is 0 Å². The van der Waals surface area contributed by atoms with Crippen LogP contribution in [0.5, 0.6) is 0 Å². The summed E-state index contributed by atoms with van der Waals surface area (Å²) in [4.78, 5) is 20.3. The maximum absolute atomic E-state index is 12.1. The lowest BCUT2D eigenvalue weighted by molar-refractivity contribution is 0.102. The Morgan fingerprint density at radius 3 is 2.79 bits per heavy atom. The van der Waals surface area contributed by atoms with Gasteiger partial charge in [-0.3, -0.25) is 4.79 Å². The first kappa shape index (κ1) is 13.5. The van der Waals surface area contributed by atoms with E-state index >= 15 is 0 Å². The van der Waals surface area contributed by atoms with Crippen LogP contribution in [0.4, 0.5) is 11.6 Å². The summed E-state index contributed by atoms with van der Waals surface area (Å²) in [6.45, 7) is 1.89. The van der Waals surface area contributed by atoms with E-state index in [0.717, 1.165) is 10.0 Å². The number of aromatic nitrogens is 2. The fourth-order valence-electron chi connectivity index (χ4n) is 1.56. The zero-order valence-corrected chi connectivity index (χ0v) is 12.2. The average molecular weight is 321 g/mol. The van der Waals surface area contributed by atoms with Gasteiger partial charge in [0.25, 0.3) is 5.91 Å². The van der Waals surface area contributed by atoms with E-state index in [1.165, 1.54) is 0 Å². The van der Waals surface area contributed by atoms with Gasteiger partial charge in [-0.05, 0) is 46.6 Å². The van der Waals surface area contributed by atoms with Crippen molar-refractivity contribution in [1.29, 1.82) is 0 Å². The van der Waals surface area contributed by atoms with E-state index in [9.17, 15) is 4.79 Å². The molecule has 0 fully saturated rings. The molecule has 0 radical (unpaired) electrons. The van der Waals surface area contributed by atoms with Crippen LogP contribution >= 0.6 is 15.9 Å². The first-order valence-corrected chi connectivity index (χ1v) is 6.47. The van der Waals surface area contributed by atoms with Crippen LogP contribution in [-0.4, -0.2) is 22.9 Å². The molecule has 2 N–H and O–H groups in total. The topological polar surface area (TPSA) is 66.9 Å². The molecule has 0 aliphatic carbocycles. The first-order valence-electron chi connectivity index (χ1n) is 5.67. The summed E-state index contributed by atoms with van der Waals surface area (Å²) in [6, 6.07) is 5.24. The summed E-state index contributed by atoms with van der Waals surface area (Å²) in [5.74, 6) is 0.987. The molecule has 5 nitrogen and oxygen atoms in total. The van der Waals surface area contributed by atoms with E-state index in [0.29, 0.717) is 17.2 Å². The van der Waals surface area contributed by atoms with E-state index in [-0.39, 0.29) is 5.91 Å². The van der Waals surface area contributed by atoms with Gasteiger partial charge in [-0.2, -0.15) is 0 Å². The third kappa shape index (κ3) is 3.29. The number of hydrogen-bond donors (Lipinski definition) is 2. The molecular formula is C13H13BrN4O. The van der Waals surface area contributed by atoms with Crippen LogP contribution in [0, 0.1) is 6.92 Å². The molecule has 1 amide bonds. The van der Waals surface area contributed by atoms with Gasteiger partial charge in [-0.25, -0.2) is 9.97 Å². The number of anilines is 2. The third-order valence-corrected chi connectivity index (χ3v) is 2.99. The molecule has 2 heterocycles. The fourth-order valence-corrected chi connectivity index (χ4v) is 2.01. The van der Waals surface area contributed by atoms with Gasteiger partial charge in [0, 0.05) is 29.5 Å². The van der Waals surface area contributed by atoms with Crippen molar-refractivity contribution in [2.24, 2.45) is 0 Å². The minimum absolute atomic E-state index is 0.211. The van der Waals surface area contributed by atoms with Gasteiger partial charge in [0.1, 0.15) is 11.6 Å². The number of rotatable bonds is 3. The Hall–Kier alpha value is -1.95. The lowest BCUT2D eigenvalue weighted by Crippen LogP contribution is -2.14. The largest absolute Gasteiger partial charge is 0.373 e. The average Bonchev–Trinajstić information content (AvgIpc) is 2.42. The second kappa shape index (κ2) is 5.79. The Bertz CT molecular complexity index is 615. The Morgan fingerprint density at radius 2 is 2.11 bits per heavy atom. The van der Waals surface area contributed by atoms with Crippen molar-refractivity contribution in [3.05, 3.63) is 46.2 Å². The van der Waals surface area contributed by atoms with Gasteiger partial charge in [-0.1, -0.05) is 0 Å². The Labute approximate surface area is 119 Å². The van der Waals surface area contributed by atoms with Crippen molar-refractivity contribution in [3.63, 3.8) is 0 Å². The van der Waals surface area contributed by atoms with Crippen LogP contribution < -0.4 is 10.6 Å². The van der Waals surface area contributed by atoms with Crippen LogP contribution in [0.1, 0.15) is 15.9 Å². The summed E-state index contributed by atoms with van der Waals surface area (Å²) >= 11 is 3.33. The minimum Gasteiger partial charge on any atom is -0.373 e. The molecule has 6 heteroatoms. The number of halogens is 1. The number of aryl methyl sites for hydroxylation is 1. The van der Waals surface area contributed by atoms with Gasteiger partial charge in [-0.15, -0.1) is 0 Å². The van der Waals surface area contributed by atoms with Gasteiger partial charge in [0.05, 0.1) is 0 Å². The zero-order chi connectivity index (χ0) is 13.8. The lowest BCUT2D eigenvalue weighted by Gasteiger charge is -2.08. The molecule has 2 rings (SSSR count). The second-order valence-electron chi connectivity index (χ2n) is 3.95. The molecule has 0 bridgehead atoms. The predicted molar refractivity (Wildman–Crippen MR) is 78.4 cm³/mol. The standard InChI is InChI=1S/C13H13BrN4O/c1-8-5-10(14)7-17-12(8)18-13(19)9-3-4-16-11(6-9)15-2/h3-7H,1-2H3,(H,15,16)(H,17,18,19). The Morgan fingerprint density at radius 1 is 1.32 bits per heavy atom. The quantitative estimate of drug-likeness (QED) is 0.912. The number of hydrogen-bond acceptors (Lipinski definition) is 4. The summed E-state index contributed by atoms with van der Waals surface area (Å²) in [5, 5.41) is 5.67. The molecule has 0 saturated carbocycles. The highest BCUT2D eigenvalue weighted by Crippen LogP contribution is 2.17. The number of amides is 1. The smallest absolute Gasteiger partial charge is 0.257 e. The number of pyridine rings is 2. The summed E-state index contributed by atoms with van der Waals surface area (Å²) in [5.41, 5.74) is 1.43. The van der Waals surface area contributed by atoms with Crippen molar-refractivity contribution in [1.82, 2.24) is 9.97 Å². The van der Waals surface area contributed by atoms with Gasteiger partial charge in [0.2, 0.25) is 0 Å². The van der Waals surface area contributed by atoms with Gasteiger partial charge in [0.15, 0.2) is 0 Å². The number of nitrogens with zero attached hydrogens (tertiary/aromatic N) is 2. The SMILES string of the molecule is CNc1cc(C(=O)Nc2ncc(Br)cc2C)ccn1. The molecule has 2 aromatic heterocycles. The third-order valence-electron chi connectivity index (χ3n) is 2.56. The Balaban J connectivity index is 2.20.